The maximum absolute atomic E-state index is 13.4. The molecule has 0 aliphatic heterocycles. The van der Waals surface area contributed by atoms with E-state index in [1.54, 1.807) is 18.2 Å². The molecule has 0 fully saturated rings. The second-order valence-corrected chi connectivity index (χ2v) is 9.45. The molecule has 3 N–H and O–H groups in total. The van der Waals surface area contributed by atoms with Crippen LogP contribution in [0.25, 0.3) is 10.9 Å². The van der Waals surface area contributed by atoms with Crippen molar-refractivity contribution in [3.05, 3.63) is 53.2 Å². The van der Waals surface area contributed by atoms with E-state index >= 15 is 0 Å². The number of fused-ring (bicyclic) bond motifs is 1. The second kappa shape index (κ2) is 8.15. The molecule has 11 heteroatoms. The van der Waals surface area contributed by atoms with E-state index in [-0.39, 0.29) is 26.7 Å². The Morgan fingerprint density at radius 1 is 1.21 bits per heavy atom. The quantitative estimate of drug-likeness (QED) is 0.466. The van der Waals surface area contributed by atoms with Gasteiger partial charge in [0.25, 0.3) is 0 Å². The molecule has 0 bridgehead atoms. The molecule has 1 atom stereocenters. The minimum Gasteiger partial charge on any atom is -0.480 e. The Hall–Kier alpha value is -2.40. The van der Waals surface area contributed by atoms with E-state index in [1.807, 2.05) is 0 Å². The Morgan fingerprint density at radius 2 is 1.86 bits per heavy atom. The molecule has 1 heterocycles. The highest BCUT2D eigenvalue weighted by atomic mass is 35.5. The van der Waals surface area contributed by atoms with Crippen LogP contribution in [0.15, 0.2) is 52.3 Å². The van der Waals surface area contributed by atoms with Crippen molar-refractivity contribution in [3.8, 4) is 0 Å². The van der Waals surface area contributed by atoms with E-state index in [1.165, 1.54) is 35.8 Å². The Balaban J connectivity index is 2.34. The molecule has 8 nitrogen and oxygen atoms in total. The fourth-order valence-electron chi connectivity index (χ4n) is 3.17. The molecular weight excluding hydrogens is 440 g/mol. The molecule has 0 spiro atoms. The Kier molecular flexibility index (Phi) is 5.99. The van der Waals surface area contributed by atoms with E-state index in [2.05, 4.69) is 5.32 Å². The maximum Gasteiger partial charge on any atom is 0.323 e. The molecular formula is C18H17ClN2O6S2. The van der Waals surface area contributed by atoms with Crippen molar-refractivity contribution >= 4 is 55.1 Å². The summed E-state index contributed by atoms with van der Waals surface area (Å²) in [7, 11) is -4.04. The molecule has 0 saturated heterocycles. The van der Waals surface area contributed by atoms with Crippen molar-refractivity contribution < 1.29 is 27.1 Å². The average molecular weight is 457 g/mol. The lowest BCUT2D eigenvalue weighted by Gasteiger charge is -2.09. The first kappa shape index (κ1) is 21.3. The number of anilines is 1. The van der Waals surface area contributed by atoms with Crippen LogP contribution in [-0.2, 0) is 32.3 Å². The predicted molar refractivity (Wildman–Crippen MR) is 110 cm³/mol. The zero-order chi connectivity index (χ0) is 21.3. The van der Waals surface area contributed by atoms with Gasteiger partial charge in [0.15, 0.2) is 11.1 Å². The van der Waals surface area contributed by atoms with E-state index in [9.17, 15) is 22.5 Å². The van der Waals surface area contributed by atoms with Crippen molar-refractivity contribution in [3.63, 3.8) is 0 Å². The van der Waals surface area contributed by atoms with E-state index < -0.39 is 33.4 Å². The third-order valence-electron chi connectivity index (χ3n) is 4.37. The minimum atomic E-state index is -4.04. The number of benzene rings is 2. The molecule has 0 aliphatic carbocycles. The minimum absolute atomic E-state index is 0.0000809. The number of nitrogens with zero attached hydrogens (tertiary/aromatic N) is 1. The lowest BCUT2D eigenvalue weighted by molar-refractivity contribution is -0.137. The van der Waals surface area contributed by atoms with Crippen molar-refractivity contribution in [1.29, 1.82) is 0 Å². The van der Waals surface area contributed by atoms with Crippen LogP contribution >= 0.6 is 11.6 Å². The molecule has 0 radical (unpaired) electrons. The summed E-state index contributed by atoms with van der Waals surface area (Å²) in [6.07, 6.45) is 0. The summed E-state index contributed by atoms with van der Waals surface area (Å²) in [6.45, 7) is 1.09. The Morgan fingerprint density at radius 3 is 2.45 bits per heavy atom. The number of hydrogen-bond acceptors (Lipinski definition) is 5. The first-order valence-electron chi connectivity index (χ1n) is 8.28. The van der Waals surface area contributed by atoms with Gasteiger partial charge in [0.05, 0.1) is 10.4 Å². The number of nitrogens with one attached hydrogen (secondary N) is 1. The number of carbonyl (C=O) groups is 1. The van der Waals surface area contributed by atoms with Crippen LogP contribution in [0.3, 0.4) is 0 Å². The lowest BCUT2D eigenvalue weighted by atomic mass is 10.2. The van der Waals surface area contributed by atoms with Crippen LogP contribution in [0.2, 0.25) is 5.02 Å². The van der Waals surface area contributed by atoms with Crippen molar-refractivity contribution in [1.82, 2.24) is 4.57 Å². The maximum atomic E-state index is 13.4. The molecule has 1 aromatic heterocycles. The summed E-state index contributed by atoms with van der Waals surface area (Å²) >= 11 is 3.71. The summed E-state index contributed by atoms with van der Waals surface area (Å²) in [5.41, 5.74) is 0.938. The highest BCUT2D eigenvalue weighted by Crippen LogP contribution is 2.38. The van der Waals surface area contributed by atoms with Gasteiger partial charge in [-0.05, 0) is 43.3 Å². The van der Waals surface area contributed by atoms with Crippen LogP contribution in [0, 0.1) is 6.92 Å². The number of sulfone groups is 1. The Labute approximate surface area is 174 Å². The van der Waals surface area contributed by atoms with Gasteiger partial charge >= 0.3 is 5.97 Å². The van der Waals surface area contributed by atoms with Crippen LogP contribution in [-0.4, -0.2) is 38.7 Å². The van der Waals surface area contributed by atoms with Crippen molar-refractivity contribution in [2.24, 2.45) is 0 Å². The van der Waals surface area contributed by atoms with Gasteiger partial charge in [-0.2, -0.15) is 0 Å². The molecule has 0 aliphatic rings. The molecule has 0 saturated carbocycles. The summed E-state index contributed by atoms with van der Waals surface area (Å²) in [4.78, 5) is 11.3. The second-order valence-electron chi connectivity index (χ2n) is 6.19. The smallest absolute Gasteiger partial charge is 0.323 e. The number of aromatic nitrogens is 1. The van der Waals surface area contributed by atoms with E-state index in [0.29, 0.717) is 16.2 Å². The van der Waals surface area contributed by atoms with Gasteiger partial charge in [-0.15, -0.1) is 0 Å². The molecule has 3 aromatic rings. The van der Waals surface area contributed by atoms with Gasteiger partial charge < -0.3 is 19.5 Å². The number of halogens is 1. The van der Waals surface area contributed by atoms with Gasteiger partial charge in [-0.1, -0.05) is 17.7 Å². The average Bonchev–Trinajstić information content (AvgIpc) is 2.93. The normalized spacial score (nSPS) is 12.8. The fraction of sp³-hybridized carbons (Fsp3) is 0.167. The first-order valence-corrected chi connectivity index (χ1v) is 11.4. The van der Waals surface area contributed by atoms with E-state index in [4.69, 9.17) is 16.2 Å². The van der Waals surface area contributed by atoms with Crippen molar-refractivity contribution in [2.75, 3.05) is 11.2 Å². The third-order valence-corrected chi connectivity index (χ3v) is 6.94. The predicted octanol–water partition coefficient (Wildman–Crippen LogP) is 3.11. The topological polar surface area (TPSA) is 126 Å². The van der Waals surface area contributed by atoms with Crippen LogP contribution < -0.4 is 5.32 Å². The fourth-order valence-corrected chi connectivity index (χ4v) is 5.29. The SMILES string of the molecule is Cc1c(S(=O)(=O)c2ccc(Cl)cc2)c2c(NCS(=O)O)cccc2n1CC(=O)O. The molecule has 2 aromatic carbocycles. The van der Waals surface area contributed by atoms with Gasteiger partial charge in [0.1, 0.15) is 17.3 Å². The Bertz CT molecular complexity index is 1220. The number of rotatable bonds is 7. The van der Waals surface area contributed by atoms with Crippen LogP contribution in [0.1, 0.15) is 5.69 Å². The van der Waals surface area contributed by atoms with Gasteiger partial charge in [0.2, 0.25) is 9.84 Å². The molecule has 1 unspecified atom stereocenters. The molecule has 154 valence electrons. The summed E-state index contributed by atoms with van der Waals surface area (Å²) in [5, 5.41) is 12.7. The molecule has 3 rings (SSSR count). The van der Waals surface area contributed by atoms with Crippen LogP contribution in [0.4, 0.5) is 5.69 Å². The largest absolute Gasteiger partial charge is 0.480 e. The number of carboxylic acid groups (broad SMARTS) is 1. The zero-order valence-electron chi connectivity index (χ0n) is 15.1. The third kappa shape index (κ3) is 4.15. The summed E-state index contributed by atoms with van der Waals surface area (Å²) < 4.78 is 48.4. The highest BCUT2D eigenvalue weighted by molar-refractivity contribution is 7.91. The summed E-state index contributed by atoms with van der Waals surface area (Å²) in [5.74, 6) is -1.45. The molecule has 0 amide bonds. The number of aliphatic carboxylic acids is 1. The van der Waals surface area contributed by atoms with Crippen molar-refractivity contribution in [2.45, 2.75) is 23.3 Å². The van der Waals surface area contributed by atoms with Crippen LogP contribution in [0.5, 0.6) is 0 Å². The zero-order valence-corrected chi connectivity index (χ0v) is 17.5. The standard InChI is InChI=1S/C18H17ClN2O6S2/c1-11-18(29(26,27)13-7-5-12(19)6-8-13)17-14(20-10-28(24)25)3-2-4-15(17)21(11)9-16(22)23/h2-8,20H,9-10H2,1H3,(H,22,23)(H,24,25). The lowest BCUT2D eigenvalue weighted by Crippen LogP contribution is -2.11. The highest BCUT2D eigenvalue weighted by Gasteiger charge is 2.29. The summed E-state index contributed by atoms with van der Waals surface area (Å²) in [6, 6.07) is 10.4. The molecule has 29 heavy (non-hydrogen) atoms. The first-order chi connectivity index (χ1) is 13.6. The number of carboxylic acids is 1. The van der Waals surface area contributed by atoms with E-state index in [0.717, 1.165) is 0 Å². The number of hydrogen-bond donors (Lipinski definition) is 3. The van der Waals surface area contributed by atoms with Gasteiger partial charge in [-0.3, -0.25) is 4.79 Å². The van der Waals surface area contributed by atoms with Gasteiger partial charge in [-0.25, -0.2) is 12.6 Å². The van der Waals surface area contributed by atoms with Gasteiger partial charge in [0, 0.05) is 21.8 Å². The monoisotopic (exact) mass is 456 g/mol.